The molecule has 0 aliphatic heterocycles. The zero-order chi connectivity index (χ0) is 14.5. The van der Waals surface area contributed by atoms with Gasteiger partial charge in [0, 0.05) is 10.5 Å². The Morgan fingerprint density at radius 2 is 1.85 bits per heavy atom. The van der Waals surface area contributed by atoms with E-state index in [4.69, 9.17) is 0 Å². The van der Waals surface area contributed by atoms with Crippen LogP contribution < -0.4 is 5.32 Å². The quantitative estimate of drug-likeness (QED) is 0.832. The third-order valence-corrected chi connectivity index (χ3v) is 3.98. The fraction of sp³-hybridized carbons (Fsp3) is 0.294. The highest BCUT2D eigenvalue weighted by atomic mass is 79.9. The lowest BCUT2D eigenvalue weighted by molar-refractivity contribution is 0.408. The van der Waals surface area contributed by atoms with E-state index in [1.165, 1.54) is 11.6 Å². The van der Waals surface area contributed by atoms with Gasteiger partial charge >= 0.3 is 0 Å². The van der Waals surface area contributed by atoms with Crippen molar-refractivity contribution in [3.8, 4) is 0 Å². The van der Waals surface area contributed by atoms with Crippen LogP contribution in [0.15, 0.2) is 53.0 Å². The van der Waals surface area contributed by atoms with Crippen molar-refractivity contribution < 1.29 is 4.39 Å². The molecule has 2 unspecified atom stereocenters. The molecule has 1 nitrogen and oxygen atoms in total. The van der Waals surface area contributed by atoms with E-state index in [0.29, 0.717) is 5.92 Å². The molecule has 0 radical (unpaired) electrons. The molecule has 0 bridgehead atoms. The first-order chi connectivity index (χ1) is 9.60. The van der Waals surface area contributed by atoms with Crippen LogP contribution in [-0.4, -0.2) is 7.05 Å². The molecule has 106 valence electrons. The van der Waals surface area contributed by atoms with Gasteiger partial charge in [-0.2, -0.15) is 0 Å². The van der Waals surface area contributed by atoms with Crippen LogP contribution >= 0.6 is 15.9 Å². The van der Waals surface area contributed by atoms with Crippen molar-refractivity contribution in [2.45, 2.75) is 19.4 Å². The second-order valence-corrected chi connectivity index (χ2v) is 6.05. The maximum Gasteiger partial charge on any atom is 0.124 e. The first-order valence-corrected chi connectivity index (χ1v) is 7.56. The smallest absolute Gasteiger partial charge is 0.124 e. The molecule has 0 aromatic heterocycles. The maximum atomic E-state index is 13.4. The Morgan fingerprint density at radius 3 is 2.45 bits per heavy atom. The molecule has 2 rings (SSSR count). The molecule has 0 aliphatic carbocycles. The summed E-state index contributed by atoms with van der Waals surface area (Å²) < 4.78 is 14.2. The van der Waals surface area contributed by atoms with Crippen LogP contribution in [-0.2, 0) is 6.42 Å². The average molecular weight is 336 g/mol. The van der Waals surface area contributed by atoms with Gasteiger partial charge in [-0.05, 0) is 48.7 Å². The topological polar surface area (TPSA) is 12.0 Å². The molecule has 0 heterocycles. The van der Waals surface area contributed by atoms with Crippen LogP contribution in [0, 0.1) is 11.7 Å². The van der Waals surface area contributed by atoms with Gasteiger partial charge in [-0.25, -0.2) is 4.39 Å². The Kier molecular flexibility index (Phi) is 5.32. The summed E-state index contributed by atoms with van der Waals surface area (Å²) in [6.45, 7) is 2.19. The number of benzene rings is 2. The van der Waals surface area contributed by atoms with Gasteiger partial charge in [0.05, 0.1) is 0 Å². The number of hydrogen-bond donors (Lipinski definition) is 1. The van der Waals surface area contributed by atoms with Crippen molar-refractivity contribution in [1.82, 2.24) is 5.32 Å². The maximum absolute atomic E-state index is 13.4. The third-order valence-electron chi connectivity index (χ3n) is 3.52. The number of halogens is 2. The van der Waals surface area contributed by atoms with Crippen molar-refractivity contribution in [3.05, 3.63) is 69.9 Å². The Morgan fingerprint density at radius 1 is 1.15 bits per heavy atom. The van der Waals surface area contributed by atoms with Crippen molar-refractivity contribution >= 4 is 15.9 Å². The lowest BCUT2D eigenvalue weighted by Crippen LogP contribution is -2.24. The fourth-order valence-electron chi connectivity index (χ4n) is 2.66. The first kappa shape index (κ1) is 15.2. The van der Waals surface area contributed by atoms with E-state index in [9.17, 15) is 4.39 Å². The van der Waals surface area contributed by atoms with Crippen LogP contribution in [0.3, 0.4) is 0 Å². The summed E-state index contributed by atoms with van der Waals surface area (Å²) in [4.78, 5) is 0. The van der Waals surface area contributed by atoms with Crippen molar-refractivity contribution in [1.29, 1.82) is 0 Å². The molecule has 2 aromatic carbocycles. The van der Waals surface area contributed by atoms with Gasteiger partial charge in [0.25, 0.3) is 0 Å². The van der Waals surface area contributed by atoms with Gasteiger partial charge < -0.3 is 5.32 Å². The standard InChI is InChI=1S/C17H19BrFN/c1-12(8-13-9-15(18)11-16(19)10-13)17(20-2)14-6-4-3-5-7-14/h3-7,9-12,17,20H,8H2,1-2H3. The predicted octanol–water partition coefficient (Wildman–Crippen LogP) is 4.73. The highest BCUT2D eigenvalue weighted by Gasteiger charge is 2.18. The molecule has 0 saturated carbocycles. The summed E-state index contributed by atoms with van der Waals surface area (Å²) in [5.74, 6) is 0.179. The van der Waals surface area contributed by atoms with Crippen molar-refractivity contribution in [2.24, 2.45) is 5.92 Å². The second-order valence-electron chi connectivity index (χ2n) is 5.14. The van der Waals surface area contributed by atoms with Gasteiger partial charge in [-0.1, -0.05) is 53.2 Å². The first-order valence-electron chi connectivity index (χ1n) is 6.77. The summed E-state index contributed by atoms with van der Waals surface area (Å²) in [5.41, 5.74) is 2.28. The molecule has 20 heavy (non-hydrogen) atoms. The molecular weight excluding hydrogens is 317 g/mol. The summed E-state index contributed by atoms with van der Waals surface area (Å²) in [5, 5.41) is 3.36. The summed E-state index contributed by atoms with van der Waals surface area (Å²) in [6, 6.07) is 15.7. The molecule has 2 atom stereocenters. The van der Waals surface area contributed by atoms with Crippen LogP contribution in [0.5, 0.6) is 0 Å². The summed E-state index contributed by atoms with van der Waals surface area (Å²) in [7, 11) is 1.97. The van der Waals surface area contributed by atoms with Crippen LogP contribution in [0.4, 0.5) is 4.39 Å². The van der Waals surface area contributed by atoms with Crippen molar-refractivity contribution in [3.63, 3.8) is 0 Å². The zero-order valence-corrected chi connectivity index (χ0v) is 13.3. The molecule has 3 heteroatoms. The van der Waals surface area contributed by atoms with E-state index < -0.39 is 0 Å². The van der Waals surface area contributed by atoms with E-state index in [2.05, 4.69) is 40.3 Å². The van der Waals surface area contributed by atoms with Gasteiger partial charge in [0.1, 0.15) is 5.82 Å². The molecular formula is C17H19BrFN. The Hall–Kier alpha value is -1.19. The Balaban J connectivity index is 2.15. The molecule has 0 spiro atoms. The number of nitrogens with one attached hydrogen (secondary N) is 1. The molecule has 0 fully saturated rings. The molecule has 0 amide bonds. The monoisotopic (exact) mass is 335 g/mol. The second kappa shape index (κ2) is 7.00. The van der Waals surface area contributed by atoms with Crippen LogP contribution in [0.25, 0.3) is 0 Å². The molecule has 0 saturated heterocycles. The van der Waals surface area contributed by atoms with E-state index in [1.807, 2.05) is 31.3 Å². The van der Waals surface area contributed by atoms with Crippen LogP contribution in [0.2, 0.25) is 0 Å². The summed E-state index contributed by atoms with van der Waals surface area (Å²) in [6.07, 6.45) is 0.830. The zero-order valence-electron chi connectivity index (χ0n) is 11.7. The minimum Gasteiger partial charge on any atom is -0.313 e. The van der Waals surface area contributed by atoms with Gasteiger partial charge in [-0.3, -0.25) is 0 Å². The van der Waals surface area contributed by atoms with Gasteiger partial charge in [0.2, 0.25) is 0 Å². The SMILES string of the molecule is CNC(c1ccccc1)C(C)Cc1cc(F)cc(Br)c1. The van der Waals surface area contributed by atoms with Gasteiger partial charge in [-0.15, -0.1) is 0 Å². The lowest BCUT2D eigenvalue weighted by Gasteiger charge is -2.24. The number of hydrogen-bond acceptors (Lipinski definition) is 1. The molecule has 1 N–H and O–H groups in total. The minimum atomic E-state index is -0.192. The largest absolute Gasteiger partial charge is 0.313 e. The van der Waals surface area contributed by atoms with E-state index >= 15 is 0 Å². The van der Waals surface area contributed by atoms with Crippen molar-refractivity contribution in [2.75, 3.05) is 7.05 Å². The lowest BCUT2D eigenvalue weighted by atomic mass is 9.89. The molecule has 0 aliphatic rings. The average Bonchev–Trinajstić information content (AvgIpc) is 2.39. The van der Waals surface area contributed by atoms with E-state index in [-0.39, 0.29) is 11.9 Å². The van der Waals surface area contributed by atoms with Gasteiger partial charge in [0.15, 0.2) is 0 Å². The minimum absolute atomic E-state index is 0.192. The fourth-order valence-corrected chi connectivity index (χ4v) is 3.17. The third kappa shape index (κ3) is 3.90. The highest BCUT2D eigenvalue weighted by molar-refractivity contribution is 9.10. The van der Waals surface area contributed by atoms with E-state index in [1.54, 1.807) is 6.07 Å². The normalized spacial score (nSPS) is 14.0. The Bertz CT molecular complexity index is 536. The summed E-state index contributed by atoms with van der Waals surface area (Å²) >= 11 is 3.35. The Labute approximate surface area is 128 Å². The highest BCUT2D eigenvalue weighted by Crippen LogP contribution is 2.26. The van der Waals surface area contributed by atoms with E-state index in [0.717, 1.165) is 16.5 Å². The predicted molar refractivity (Wildman–Crippen MR) is 85.2 cm³/mol. The number of rotatable bonds is 5. The van der Waals surface area contributed by atoms with Crippen LogP contribution in [0.1, 0.15) is 24.1 Å². The molecule has 2 aromatic rings.